The van der Waals surface area contributed by atoms with Crippen LogP contribution in [-0.4, -0.2) is 25.6 Å². The Hall–Kier alpha value is -3.13. The van der Waals surface area contributed by atoms with Crippen molar-refractivity contribution < 1.29 is 9.32 Å². The van der Waals surface area contributed by atoms with Crippen molar-refractivity contribution in [3.63, 3.8) is 0 Å². The van der Waals surface area contributed by atoms with Gasteiger partial charge in [-0.3, -0.25) is 4.79 Å². The molecule has 7 nitrogen and oxygen atoms in total. The Balaban J connectivity index is 1.73. The second-order valence-electron chi connectivity index (χ2n) is 6.03. The van der Waals surface area contributed by atoms with Crippen LogP contribution < -0.4 is 5.32 Å². The highest BCUT2D eigenvalue weighted by atomic mass is 32.1. The predicted octanol–water partition coefficient (Wildman–Crippen LogP) is 3.92. The minimum atomic E-state index is -0.233. The zero-order valence-electron chi connectivity index (χ0n) is 14.4. The molecule has 4 rings (SSSR count). The molecule has 0 atom stereocenters. The summed E-state index contributed by atoms with van der Waals surface area (Å²) >= 11 is 1.29. The fraction of sp³-hybridized carbons (Fsp3) is 0.167. The van der Waals surface area contributed by atoms with Gasteiger partial charge in [0, 0.05) is 22.3 Å². The SMILES string of the molecule is Cc1cc(C(=O)Nc2cc(-c3csnn3)ccc2C)c2c(C)noc2n1. The van der Waals surface area contributed by atoms with Crippen molar-refractivity contribution in [2.45, 2.75) is 20.8 Å². The van der Waals surface area contributed by atoms with Gasteiger partial charge in [0.15, 0.2) is 0 Å². The predicted molar refractivity (Wildman–Crippen MR) is 99.3 cm³/mol. The lowest BCUT2D eigenvalue weighted by atomic mass is 10.1. The highest BCUT2D eigenvalue weighted by molar-refractivity contribution is 7.03. The van der Waals surface area contributed by atoms with Crippen molar-refractivity contribution >= 4 is 34.2 Å². The second-order valence-corrected chi connectivity index (χ2v) is 6.64. The van der Waals surface area contributed by atoms with Gasteiger partial charge < -0.3 is 9.84 Å². The molecule has 1 amide bonds. The average Bonchev–Trinajstić information content (AvgIpc) is 3.26. The molecule has 3 heterocycles. The van der Waals surface area contributed by atoms with Gasteiger partial charge in [0.25, 0.3) is 11.6 Å². The standard InChI is InChI=1S/C18H15N5O2S/c1-9-4-5-12(15-8-26-23-21-15)7-14(9)20-17(24)13-6-10(2)19-18-16(13)11(3)22-25-18/h4-8H,1-3H3,(H,20,24). The number of amides is 1. The molecule has 1 aromatic carbocycles. The van der Waals surface area contributed by atoms with Crippen molar-refractivity contribution in [1.82, 2.24) is 19.7 Å². The monoisotopic (exact) mass is 365 g/mol. The molecular formula is C18H15N5O2S. The third kappa shape index (κ3) is 2.84. The molecule has 1 N–H and O–H groups in total. The largest absolute Gasteiger partial charge is 0.336 e. The number of benzene rings is 1. The van der Waals surface area contributed by atoms with Gasteiger partial charge in [0.05, 0.1) is 16.6 Å². The Labute approximate surface area is 153 Å². The summed E-state index contributed by atoms with van der Waals surface area (Å²) in [4.78, 5) is 17.2. The van der Waals surface area contributed by atoms with Crippen LogP contribution in [0.5, 0.6) is 0 Å². The van der Waals surface area contributed by atoms with E-state index in [2.05, 4.69) is 25.0 Å². The molecule has 0 unspecified atom stereocenters. The molecular weight excluding hydrogens is 350 g/mol. The Morgan fingerprint density at radius 3 is 2.81 bits per heavy atom. The van der Waals surface area contributed by atoms with E-state index < -0.39 is 0 Å². The number of carbonyl (C=O) groups excluding carboxylic acids is 1. The molecule has 0 aliphatic rings. The smallest absolute Gasteiger partial charge is 0.258 e. The van der Waals surface area contributed by atoms with E-state index in [9.17, 15) is 4.79 Å². The molecule has 0 spiro atoms. The number of aryl methyl sites for hydroxylation is 3. The van der Waals surface area contributed by atoms with E-state index in [-0.39, 0.29) is 5.91 Å². The molecule has 3 aromatic heterocycles. The molecule has 130 valence electrons. The zero-order valence-corrected chi connectivity index (χ0v) is 15.2. The Morgan fingerprint density at radius 1 is 1.19 bits per heavy atom. The molecule has 0 saturated carbocycles. The minimum absolute atomic E-state index is 0.233. The third-order valence-corrected chi connectivity index (χ3v) is 4.64. The van der Waals surface area contributed by atoms with Crippen molar-refractivity contribution in [1.29, 1.82) is 0 Å². The second kappa shape index (κ2) is 6.30. The maximum absolute atomic E-state index is 12.9. The third-order valence-electron chi connectivity index (χ3n) is 4.13. The normalized spacial score (nSPS) is 11.0. The summed E-state index contributed by atoms with van der Waals surface area (Å²) in [5.41, 5.74) is 5.54. The summed E-state index contributed by atoms with van der Waals surface area (Å²) in [6, 6.07) is 7.55. The van der Waals surface area contributed by atoms with Crippen LogP contribution >= 0.6 is 11.5 Å². The summed E-state index contributed by atoms with van der Waals surface area (Å²) in [6.45, 7) is 5.55. The fourth-order valence-electron chi connectivity index (χ4n) is 2.79. The van der Waals surface area contributed by atoms with Crippen LogP contribution in [0.3, 0.4) is 0 Å². The Kier molecular flexibility index (Phi) is 3.96. The summed E-state index contributed by atoms with van der Waals surface area (Å²) < 4.78 is 9.09. The molecule has 0 aliphatic heterocycles. The number of carbonyl (C=O) groups is 1. The average molecular weight is 365 g/mol. The maximum atomic E-state index is 12.9. The van der Waals surface area contributed by atoms with E-state index in [1.54, 1.807) is 13.0 Å². The highest BCUT2D eigenvalue weighted by Crippen LogP contribution is 2.27. The lowest BCUT2D eigenvalue weighted by Crippen LogP contribution is -2.14. The first-order chi connectivity index (χ1) is 12.5. The van der Waals surface area contributed by atoms with Crippen LogP contribution in [0.1, 0.15) is 27.3 Å². The van der Waals surface area contributed by atoms with Gasteiger partial charge >= 0.3 is 0 Å². The molecule has 8 heteroatoms. The number of hydrogen-bond acceptors (Lipinski definition) is 7. The topological polar surface area (TPSA) is 93.8 Å². The van der Waals surface area contributed by atoms with E-state index in [1.165, 1.54) is 11.5 Å². The number of aromatic nitrogens is 4. The van der Waals surface area contributed by atoms with Crippen molar-refractivity contribution in [3.8, 4) is 11.3 Å². The van der Waals surface area contributed by atoms with Crippen molar-refractivity contribution in [3.05, 3.63) is 52.2 Å². The van der Waals surface area contributed by atoms with E-state index in [0.29, 0.717) is 28.1 Å². The van der Waals surface area contributed by atoms with Gasteiger partial charge in [0.2, 0.25) is 0 Å². The molecule has 0 saturated heterocycles. The van der Waals surface area contributed by atoms with Gasteiger partial charge in [-0.05, 0) is 50.0 Å². The fourth-order valence-corrected chi connectivity index (χ4v) is 3.26. The number of nitrogens with one attached hydrogen (secondary N) is 1. The summed E-state index contributed by atoms with van der Waals surface area (Å²) in [6.07, 6.45) is 0. The molecule has 0 aliphatic carbocycles. The zero-order chi connectivity index (χ0) is 18.3. The molecule has 0 radical (unpaired) electrons. The molecule has 0 bridgehead atoms. The number of rotatable bonds is 3. The highest BCUT2D eigenvalue weighted by Gasteiger charge is 2.18. The molecule has 26 heavy (non-hydrogen) atoms. The van der Waals surface area contributed by atoms with Crippen molar-refractivity contribution in [2.24, 2.45) is 0 Å². The summed E-state index contributed by atoms with van der Waals surface area (Å²) in [7, 11) is 0. The van der Waals surface area contributed by atoms with E-state index in [0.717, 1.165) is 22.5 Å². The first-order valence-electron chi connectivity index (χ1n) is 7.96. The molecule has 0 fully saturated rings. The van der Waals surface area contributed by atoms with Crippen molar-refractivity contribution in [2.75, 3.05) is 5.32 Å². The van der Waals surface area contributed by atoms with Gasteiger partial charge in [-0.25, -0.2) is 4.98 Å². The number of anilines is 1. The number of fused-ring (bicyclic) bond motifs is 1. The van der Waals surface area contributed by atoms with Crippen LogP contribution in [0.25, 0.3) is 22.4 Å². The van der Waals surface area contributed by atoms with Gasteiger partial charge in [0.1, 0.15) is 5.69 Å². The van der Waals surface area contributed by atoms with Crippen LogP contribution in [0, 0.1) is 20.8 Å². The minimum Gasteiger partial charge on any atom is -0.336 e. The molecule has 4 aromatic rings. The number of pyridine rings is 1. The van der Waals surface area contributed by atoms with Gasteiger partial charge in [-0.15, -0.1) is 5.10 Å². The Morgan fingerprint density at radius 2 is 2.04 bits per heavy atom. The lowest BCUT2D eigenvalue weighted by Gasteiger charge is -2.11. The summed E-state index contributed by atoms with van der Waals surface area (Å²) in [5, 5.41) is 13.5. The lowest BCUT2D eigenvalue weighted by molar-refractivity contribution is 0.102. The Bertz CT molecular complexity index is 1120. The van der Waals surface area contributed by atoms with Crippen LogP contribution in [0.4, 0.5) is 5.69 Å². The van der Waals surface area contributed by atoms with Gasteiger partial charge in [-0.2, -0.15) is 0 Å². The number of nitrogens with zero attached hydrogens (tertiary/aromatic N) is 4. The van der Waals surface area contributed by atoms with Gasteiger partial charge in [-0.1, -0.05) is 21.8 Å². The first-order valence-corrected chi connectivity index (χ1v) is 8.79. The van der Waals surface area contributed by atoms with E-state index in [4.69, 9.17) is 4.52 Å². The van der Waals surface area contributed by atoms with E-state index >= 15 is 0 Å². The number of hydrogen-bond donors (Lipinski definition) is 1. The quantitative estimate of drug-likeness (QED) is 0.591. The van der Waals surface area contributed by atoms with E-state index in [1.807, 2.05) is 37.4 Å². The maximum Gasteiger partial charge on any atom is 0.258 e. The summed E-state index contributed by atoms with van der Waals surface area (Å²) in [5.74, 6) is -0.233. The van der Waals surface area contributed by atoms with Crippen LogP contribution in [0.15, 0.2) is 34.2 Å². The van der Waals surface area contributed by atoms with Crippen LogP contribution in [-0.2, 0) is 0 Å². The first kappa shape index (κ1) is 16.3. The van der Waals surface area contributed by atoms with Crippen LogP contribution in [0.2, 0.25) is 0 Å².